The maximum atomic E-state index is 15.1. The summed E-state index contributed by atoms with van der Waals surface area (Å²) in [5.74, 6) is -0.807. The monoisotopic (exact) mass is 581 g/mol. The number of H-pyrrole nitrogens is 1. The molecule has 0 saturated heterocycles. The zero-order valence-corrected chi connectivity index (χ0v) is 20.8. The molecule has 0 aliphatic carbocycles. The van der Waals surface area contributed by atoms with Gasteiger partial charge in [0.05, 0.1) is 17.4 Å². The highest BCUT2D eigenvalue weighted by Gasteiger charge is 2.19. The molecule has 4 N–H and O–H groups in total. The van der Waals surface area contributed by atoms with Gasteiger partial charge in [-0.1, -0.05) is 13.0 Å². The molecule has 0 bridgehead atoms. The average molecular weight is 581 g/mol. The van der Waals surface area contributed by atoms with Crippen LogP contribution >= 0.6 is 34.4 Å². The van der Waals surface area contributed by atoms with E-state index in [0.29, 0.717) is 20.9 Å². The Kier molecular flexibility index (Phi) is 6.79. The molecule has 2 aromatic carbocycles. The molecule has 11 heteroatoms. The standard InChI is InChI=1S/C22H21FIN5O3S/c1-11-3-5-14(33-11)10-26-21(31)27-13-7-16(23)19(17(24)8-13)29-20(30)15-6-4-12(25-2)9-18(15)28-22(29)32/h4-9,11,25H,3,10H2,1-2H3,(H,28,32)(H2,26,27,31). The van der Waals surface area contributed by atoms with Crippen LogP contribution in [0, 0.1) is 9.39 Å². The number of amides is 2. The molecule has 0 spiro atoms. The predicted molar refractivity (Wildman–Crippen MR) is 139 cm³/mol. The lowest BCUT2D eigenvalue weighted by Crippen LogP contribution is -2.35. The van der Waals surface area contributed by atoms with Gasteiger partial charge < -0.3 is 20.9 Å². The molecule has 2 heterocycles. The molecule has 0 radical (unpaired) electrons. The van der Waals surface area contributed by atoms with Gasteiger partial charge in [0.1, 0.15) is 5.69 Å². The number of nitrogens with zero attached hydrogens (tertiary/aromatic N) is 1. The summed E-state index contributed by atoms with van der Waals surface area (Å²) < 4.78 is 16.2. The minimum Gasteiger partial charge on any atom is -0.388 e. The Hall–Kier alpha value is -2.80. The maximum absolute atomic E-state index is 15.1. The summed E-state index contributed by atoms with van der Waals surface area (Å²) in [7, 11) is 1.72. The van der Waals surface area contributed by atoms with E-state index in [-0.39, 0.29) is 16.8 Å². The van der Waals surface area contributed by atoms with Crippen LogP contribution in [0.4, 0.5) is 20.6 Å². The summed E-state index contributed by atoms with van der Waals surface area (Å²) in [4.78, 5) is 41.7. The highest BCUT2D eigenvalue weighted by atomic mass is 127. The van der Waals surface area contributed by atoms with Gasteiger partial charge >= 0.3 is 11.7 Å². The third kappa shape index (κ3) is 4.93. The lowest BCUT2D eigenvalue weighted by molar-refractivity contribution is 0.253. The molecule has 1 aliphatic heterocycles. The van der Waals surface area contributed by atoms with Gasteiger partial charge in [0.15, 0.2) is 5.82 Å². The number of thioether (sulfide) groups is 1. The van der Waals surface area contributed by atoms with E-state index in [1.54, 1.807) is 37.0 Å². The molecule has 8 nitrogen and oxygen atoms in total. The van der Waals surface area contributed by atoms with E-state index >= 15 is 4.39 Å². The number of carbonyl (C=O) groups excluding carboxylic acids is 1. The number of nitrogens with one attached hydrogen (secondary N) is 4. The van der Waals surface area contributed by atoms with E-state index in [2.05, 4.69) is 33.9 Å². The molecule has 1 unspecified atom stereocenters. The maximum Gasteiger partial charge on any atom is 0.333 e. The first-order valence-corrected chi connectivity index (χ1v) is 12.1. The molecular formula is C22H21FIN5O3S. The Morgan fingerprint density at radius 2 is 2.06 bits per heavy atom. The second-order valence-electron chi connectivity index (χ2n) is 7.51. The number of hydrogen-bond donors (Lipinski definition) is 4. The Bertz CT molecular complexity index is 1380. The number of rotatable bonds is 5. The largest absolute Gasteiger partial charge is 0.388 e. The van der Waals surface area contributed by atoms with Crippen molar-refractivity contribution >= 4 is 62.7 Å². The highest BCUT2D eigenvalue weighted by molar-refractivity contribution is 14.1. The van der Waals surface area contributed by atoms with Gasteiger partial charge in [-0.2, -0.15) is 0 Å². The van der Waals surface area contributed by atoms with E-state index in [0.717, 1.165) is 27.6 Å². The second kappa shape index (κ2) is 9.59. The number of halogens is 2. The van der Waals surface area contributed by atoms with Crippen molar-refractivity contribution in [2.24, 2.45) is 0 Å². The van der Waals surface area contributed by atoms with Gasteiger partial charge in [-0.3, -0.25) is 4.79 Å². The van der Waals surface area contributed by atoms with Crippen molar-refractivity contribution in [2.75, 3.05) is 24.2 Å². The molecule has 4 rings (SSSR count). The first-order chi connectivity index (χ1) is 15.8. The number of aromatic nitrogens is 2. The molecule has 33 heavy (non-hydrogen) atoms. The summed E-state index contributed by atoms with van der Waals surface area (Å²) in [6.45, 7) is 2.52. The van der Waals surface area contributed by atoms with E-state index in [1.807, 2.05) is 22.6 Å². The van der Waals surface area contributed by atoms with Gasteiger partial charge in [0, 0.05) is 32.1 Å². The van der Waals surface area contributed by atoms with E-state index in [4.69, 9.17) is 0 Å². The van der Waals surface area contributed by atoms with Crippen molar-refractivity contribution < 1.29 is 9.18 Å². The third-order valence-electron chi connectivity index (χ3n) is 5.14. The van der Waals surface area contributed by atoms with Crippen LogP contribution in [0.3, 0.4) is 0 Å². The van der Waals surface area contributed by atoms with E-state index in [1.165, 1.54) is 6.07 Å². The molecular weight excluding hydrogens is 560 g/mol. The van der Waals surface area contributed by atoms with Gasteiger partial charge in [-0.15, -0.1) is 11.8 Å². The van der Waals surface area contributed by atoms with E-state index < -0.39 is 23.1 Å². The lowest BCUT2D eigenvalue weighted by atomic mass is 10.2. The summed E-state index contributed by atoms with van der Waals surface area (Å²) in [5, 5.41) is 9.03. The lowest BCUT2D eigenvalue weighted by Gasteiger charge is -2.13. The number of aromatic amines is 1. The Labute approximate surface area is 206 Å². The van der Waals surface area contributed by atoms with Crippen molar-refractivity contribution in [3.63, 3.8) is 0 Å². The number of hydrogen-bond acceptors (Lipinski definition) is 5. The second-order valence-corrected chi connectivity index (χ2v) is 10.2. The molecule has 0 fully saturated rings. The Morgan fingerprint density at radius 1 is 1.27 bits per heavy atom. The SMILES string of the molecule is CNc1ccc2c(=O)n(-c3c(F)cc(NC(=O)NCC4=CCC(C)S4)cc3I)c(=O)[nH]c2c1. The zero-order valence-electron chi connectivity index (χ0n) is 17.8. The van der Waals surface area contributed by atoms with Crippen molar-refractivity contribution in [2.45, 2.75) is 18.6 Å². The number of allylic oxidation sites excluding steroid dienone is 1. The number of anilines is 2. The molecule has 1 aromatic heterocycles. The topological polar surface area (TPSA) is 108 Å². The Morgan fingerprint density at radius 3 is 2.73 bits per heavy atom. The molecule has 1 aliphatic rings. The van der Waals surface area contributed by atoms with Crippen LogP contribution < -0.4 is 27.2 Å². The summed E-state index contributed by atoms with van der Waals surface area (Å²) >= 11 is 3.55. The van der Waals surface area contributed by atoms with Crippen LogP contribution in [0.5, 0.6) is 0 Å². The van der Waals surface area contributed by atoms with Gasteiger partial charge in [0.2, 0.25) is 0 Å². The normalized spacial score (nSPS) is 15.4. The van der Waals surface area contributed by atoms with Crippen molar-refractivity contribution in [3.8, 4) is 5.69 Å². The van der Waals surface area contributed by atoms with Crippen LogP contribution in [-0.2, 0) is 0 Å². The minimum absolute atomic E-state index is 0.172. The average Bonchev–Trinajstić information content (AvgIpc) is 3.18. The summed E-state index contributed by atoms with van der Waals surface area (Å²) in [6, 6.07) is 7.02. The smallest absolute Gasteiger partial charge is 0.333 e. The fraction of sp³-hybridized carbons (Fsp3) is 0.227. The predicted octanol–water partition coefficient (Wildman–Crippen LogP) is 4.00. The van der Waals surface area contributed by atoms with Crippen LogP contribution in [0.25, 0.3) is 16.6 Å². The highest BCUT2D eigenvalue weighted by Crippen LogP contribution is 2.31. The number of carbonyl (C=O) groups is 1. The molecule has 0 saturated carbocycles. The Balaban J connectivity index is 1.61. The van der Waals surface area contributed by atoms with Crippen LogP contribution in [0.15, 0.2) is 50.9 Å². The number of urea groups is 1. The van der Waals surface area contributed by atoms with Gasteiger partial charge in [-0.25, -0.2) is 18.5 Å². The quantitative estimate of drug-likeness (QED) is 0.341. The molecule has 1 atom stereocenters. The van der Waals surface area contributed by atoms with Crippen LogP contribution in [0.2, 0.25) is 0 Å². The molecule has 172 valence electrons. The van der Waals surface area contributed by atoms with Gasteiger partial charge in [0.25, 0.3) is 5.56 Å². The van der Waals surface area contributed by atoms with Crippen molar-refractivity contribution in [1.29, 1.82) is 0 Å². The fourth-order valence-electron chi connectivity index (χ4n) is 3.54. The summed E-state index contributed by atoms with van der Waals surface area (Å²) in [6.07, 6.45) is 3.06. The molecule has 3 aromatic rings. The van der Waals surface area contributed by atoms with Crippen LogP contribution in [0.1, 0.15) is 13.3 Å². The summed E-state index contributed by atoms with van der Waals surface area (Å²) in [5.41, 5.74) is -0.279. The minimum atomic E-state index is -0.807. The van der Waals surface area contributed by atoms with E-state index in [9.17, 15) is 14.4 Å². The number of benzene rings is 2. The number of fused-ring (bicyclic) bond motifs is 1. The fourth-order valence-corrected chi connectivity index (χ4v) is 5.43. The first kappa shape index (κ1) is 23.4. The van der Waals surface area contributed by atoms with Crippen molar-refractivity contribution in [3.05, 3.63) is 71.5 Å². The molecule has 2 amide bonds. The van der Waals surface area contributed by atoms with Crippen molar-refractivity contribution in [1.82, 2.24) is 14.9 Å². The van der Waals surface area contributed by atoms with Gasteiger partial charge in [-0.05, 0) is 59.3 Å². The zero-order chi connectivity index (χ0) is 23.7. The third-order valence-corrected chi connectivity index (χ3v) is 7.17. The first-order valence-electron chi connectivity index (χ1n) is 10.1. The van der Waals surface area contributed by atoms with Crippen LogP contribution in [-0.4, -0.2) is 34.4 Å².